The lowest BCUT2D eigenvalue weighted by Crippen LogP contribution is -2.33. The van der Waals surface area contributed by atoms with E-state index in [0.29, 0.717) is 22.8 Å². The van der Waals surface area contributed by atoms with Gasteiger partial charge in [0.15, 0.2) is 5.82 Å². The molecule has 3 aromatic rings. The van der Waals surface area contributed by atoms with Crippen LogP contribution in [-0.2, 0) is 0 Å². The highest BCUT2D eigenvalue weighted by Gasteiger charge is 2.20. The summed E-state index contributed by atoms with van der Waals surface area (Å²) in [6, 6.07) is 6.95. The van der Waals surface area contributed by atoms with Crippen molar-refractivity contribution in [3.8, 4) is 11.6 Å². The van der Waals surface area contributed by atoms with Gasteiger partial charge in [0.05, 0.1) is 31.4 Å². The summed E-state index contributed by atoms with van der Waals surface area (Å²) in [4.78, 5) is 23.4. The number of carbonyl (C=O) groups excluding carboxylic acids is 1. The number of nitrogens with one attached hydrogen (secondary N) is 1. The first-order valence-corrected chi connectivity index (χ1v) is 9.69. The molecule has 0 spiro atoms. The molecule has 3 heterocycles. The molecule has 8 heteroatoms. The van der Waals surface area contributed by atoms with E-state index in [-0.39, 0.29) is 5.91 Å². The number of hydrogen-bond acceptors (Lipinski definition) is 6. The zero-order chi connectivity index (χ0) is 20.2. The summed E-state index contributed by atoms with van der Waals surface area (Å²) in [5, 5.41) is 7.27. The Bertz CT molecular complexity index is 977. The molecular weight excluding hydrogens is 368 g/mol. The van der Waals surface area contributed by atoms with Gasteiger partial charge in [-0.1, -0.05) is 6.92 Å². The van der Waals surface area contributed by atoms with Gasteiger partial charge in [0.1, 0.15) is 17.8 Å². The van der Waals surface area contributed by atoms with E-state index in [1.807, 2.05) is 6.20 Å². The fourth-order valence-electron chi connectivity index (χ4n) is 3.41. The second-order valence-electron chi connectivity index (χ2n) is 7.26. The number of nitrogens with zero attached hydrogens (tertiary/aromatic N) is 5. The standard InChI is InChI=1S/C21H24N6O2/c1-15-7-9-26(10-8-15)19-12-22-14-23-20(19)27-13-17(11-24-27)25-21(28)16-3-5-18(29-2)6-4-16/h3-6,11-15H,7-10H2,1-2H3,(H,25,28). The van der Waals surface area contributed by atoms with Crippen molar-refractivity contribution in [2.24, 2.45) is 5.92 Å². The summed E-state index contributed by atoms with van der Waals surface area (Å²) in [7, 11) is 1.59. The fraction of sp³-hybridized carbons (Fsp3) is 0.333. The molecule has 1 aliphatic heterocycles. The van der Waals surface area contributed by atoms with Crippen LogP contribution in [0.15, 0.2) is 49.2 Å². The minimum Gasteiger partial charge on any atom is -0.497 e. The van der Waals surface area contributed by atoms with Gasteiger partial charge in [-0.2, -0.15) is 5.10 Å². The normalized spacial score (nSPS) is 14.6. The average Bonchev–Trinajstić information content (AvgIpc) is 3.22. The number of aromatic nitrogens is 4. The van der Waals surface area contributed by atoms with E-state index in [0.717, 1.165) is 37.5 Å². The van der Waals surface area contributed by atoms with Crippen LogP contribution in [0.3, 0.4) is 0 Å². The molecule has 0 radical (unpaired) electrons. The number of benzene rings is 1. The molecule has 2 aromatic heterocycles. The Morgan fingerprint density at radius 2 is 1.93 bits per heavy atom. The van der Waals surface area contributed by atoms with Crippen molar-refractivity contribution < 1.29 is 9.53 Å². The van der Waals surface area contributed by atoms with Crippen molar-refractivity contribution in [3.05, 3.63) is 54.7 Å². The van der Waals surface area contributed by atoms with Gasteiger partial charge in [-0.25, -0.2) is 14.6 Å². The van der Waals surface area contributed by atoms with Gasteiger partial charge in [0.2, 0.25) is 0 Å². The molecule has 0 unspecified atom stereocenters. The van der Waals surface area contributed by atoms with Crippen LogP contribution < -0.4 is 15.0 Å². The molecule has 8 nitrogen and oxygen atoms in total. The molecule has 1 aromatic carbocycles. The Morgan fingerprint density at radius 3 is 2.66 bits per heavy atom. The van der Waals surface area contributed by atoms with Crippen molar-refractivity contribution in [2.75, 3.05) is 30.4 Å². The molecule has 1 fully saturated rings. The molecule has 1 N–H and O–H groups in total. The monoisotopic (exact) mass is 392 g/mol. The number of rotatable bonds is 5. The summed E-state index contributed by atoms with van der Waals surface area (Å²) < 4.78 is 6.80. The first-order chi connectivity index (χ1) is 14.1. The second kappa shape index (κ2) is 8.30. The van der Waals surface area contributed by atoms with E-state index in [9.17, 15) is 4.79 Å². The van der Waals surface area contributed by atoms with Gasteiger partial charge in [0, 0.05) is 18.7 Å². The zero-order valence-electron chi connectivity index (χ0n) is 16.6. The van der Waals surface area contributed by atoms with Crippen LogP contribution in [0.25, 0.3) is 5.82 Å². The Kier molecular flexibility index (Phi) is 5.41. The highest BCUT2D eigenvalue weighted by atomic mass is 16.5. The highest BCUT2D eigenvalue weighted by Crippen LogP contribution is 2.27. The smallest absolute Gasteiger partial charge is 0.255 e. The first kappa shape index (κ1) is 18.9. The molecule has 1 amide bonds. The van der Waals surface area contributed by atoms with E-state index in [1.54, 1.807) is 48.5 Å². The predicted molar refractivity (Wildman–Crippen MR) is 111 cm³/mol. The van der Waals surface area contributed by atoms with Gasteiger partial charge in [0.25, 0.3) is 5.91 Å². The lowest BCUT2D eigenvalue weighted by molar-refractivity contribution is 0.102. The highest BCUT2D eigenvalue weighted by molar-refractivity contribution is 6.04. The third-order valence-electron chi connectivity index (χ3n) is 5.21. The van der Waals surface area contributed by atoms with Crippen LogP contribution in [0, 0.1) is 5.92 Å². The largest absolute Gasteiger partial charge is 0.497 e. The molecule has 150 valence electrons. The van der Waals surface area contributed by atoms with Crippen molar-refractivity contribution in [2.45, 2.75) is 19.8 Å². The maximum Gasteiger partial charge on any atom is 0.255 e. The molecular formula is C21H24N6O2. The maximum absolute atomic E-state index is 12.5. The van der Waals surface area contributed by atoms with Gasteiger partial charge in [-0.3, -0.25) is 4.79 Å². The minimum atomic E-state index is -0.208. The predicted octanol–water partition coefficient (Wildman–Crippen LogP) is 3.16. The van der Waals surface area contributed by atoms with Crippen molar-refractivity contribution in [3.63, 3.8) is 0 Å². The van der Waals surface area contributed by atoms with E-state index >= 15 is 0 Å². The Hall–Kier alpha value is -3.42. The number of ether oxygens (including phenoxy) is 1. The average molecular weight is 392 g/mol. The van der Waals surface area contributed by atoms with Crippen LogP contribution in [0.2, 0.25) is 0 Å². The van der Waals surface area contributed by atoms with Gasteiger partial charge >= 0.3 is 0 Å². The number of amides is 1. The maximum atomic E-state index is 12.5. The molecule has 4 rings (SSSR count). The van der Waals surface area contributed by atoms with Crippen molar-refractivity contribution >= 4 is 17.3 Å². The number of anilines is 2. The van der Waals surface area contributed by atoms with E-state index in [2.05, 4.69) is 32.2 Å². The van der Waals surface area contributed by atoms with Crippen LogP contribution in [-0.4, -0.2) is 45.9 Å². The topological polar surface area (TPSA) is 85.2 Å². The summed E-state index contributed by atoms with van der Waals surface area (Å²) in [6.45, 7) is 4.23. The first-order valence-electron chi connectivity index (χ1n) is 9.69. The van der Waals surface area contributed by atoms with E-state index in [4.69, 9.17) is 4.74 Å². The van der Waals surface area contributed by atoms with Crippen LogP contribution >= 0.6 is 0 Å². The van der Waals surface area contributed by atoms with Crippen LogP contribution in [0.5, 0.6) is 5.75 Å². The third kappa shape index (κ3) is 4.21. The lowest BCUT2D eigenvalue weighted by atomic mass is 9.99. The fourth-order valence-corrected chi connectivity index (χ4v) is 3.41. The number of methoxy groups -OCH3 is 1. The van der Waals surface area contributed by atoms with Gasteiger partial charge in [-0.05, 0) is 43.0 Å². The Labute approximate surface area is 169 Å². The SMILES string of the molecule is COc1ccc(C(=O)Nc2cnn(-c3ncncc3N3CCC(C)CC3)c2)cc1. The molecule has 0 bridgehead atoms. The number of hydrogen-bond donors (Lipinski definition) is 1. The lowest BCUT2D eigenvalue weighted by Gasteiger charge is -2.32. The second-order valence-corrected chi connectivity index (χ2v) is 7.26. The van der Waals surface area contributed by atoms with Gasteiger partial charge < -0.3 is 15.0 Å². The number of carbonyl (C=O) groups is 1. The Balaban J connectivity index is 1.51. The van der Waals surface area contributed by atoms with Crippen molar-refractivity contribution in [1.82, 2.24) is 19.7 Å². The summed E-state index contributed by atoms with van der Waals surface area (Å²) >= 11 is 0. The van der Waals surface area contributed by atoms with Crippen LogP contribution in [0.4, 0.5) is 11.4 Å². The molecule has 0 atom stereocenters. The van der Waals surface area contributed by atoms with Gasteiger partial charge in [-0.15, -0.1) is 0 Å². The zero-order valence-corrected chi connectivity index (χ0v) is 16.6. The molecule has 0 aliphatic carbocycles. The number of piperidine rings is 1. The Morgan fingerprint density at radius 1 is 1.17 bits per heavy atom. The van der Waals surface area contributed by atoms with Crippen LogP contribution in [0.1, 0.15) is 30.1 Å². The quantitative estimate of drug-likeness (QED) is 0.718. The van der Waals surface area contributed by atoms with E-state index < -0.39 is 0 Å². The summed E-state index contributed by atoms with van der Waals surface area (Å²) in [6.07, 6.45) is 9.02. The minimum absolute atomic E-state index is 0.208. The summed E-state index contributed by atoms with van der Waals surface area (Å²) in [5.41, 5.74) is 2.10. The molecule has 0 saturated carbocycles. The molecule has 29 heavy (non-hydrogen) atoms. The third-order valence-corrected chi connectivity index (χ3v) is 5.21. The molecule has 1 aliphatic rings. The summed E-state index contributed by atoms with van der Waals surface area (Å²) in [5.74, 6) is 1.95. The molecule has 1 saturated heterocycles. The van der Waals surface area contributed by atoms with Crippen molar-refractivity contribution in [1.29, 1.82) is 0 Å². The van der Waals surface area contributed by atoms with E-state index in [1.165, 1.54) is 6.33 Å².